The Morgan fingerprint density at radius 3 is 2.21 bits per heavy atom. The number of benzene rings is 1. The minimum atomic E-state index is 0.127. The summed E-state index contributed by atoms with van der Waals surface area (Å²) in [5.41, 5.74) is 3.16. The van der Waals surface area contributed by atoms with Crippen LogP contribution in [0, 0.1) is 17.8 Å². The second-order valence-electron chi connectivity index (χ2n) is 10.0. The van der Waals surface area contributed by atoms with Crippen molar-refractivity contribution in [3.8, 4) is 5.69 Å². The van der Waals surface area contributed by atoms with Gasteiger partial charge in [-0.2, -0.15) is 5.10 Å². The van der Waals surface area contributed by atoms with Gasteiger partial charge in [0, 0.05) is 11.6 Å². The number of para-hydroxylation sites is 1. The highest BCUT2D eigenvalue weighted by atomic mass is 16.2. The summed E-state index contributed by atoms with van der Waals surface area (Å²) < 4.78 is 1.97. The van der Waals surface area contributed by atoms with Crippen LogP contribution in [0.15, 0.2) is 36.5 Å². The fraction of sp³-hybridized carbons (Fsp3) is 0.583. The Kier molecular flexibility index (Phi) is 4.09. The van der Waals surface area contributed by atoms with E-state index in [9.17, 15) is 4.79 Å². The number of nitrogens with two attached hydrogens (primary N) is 1. The van der Waals surface area contributed by atoms with E-state index in [2.05, 4.69) is 22.3 Å². The van der Waals surface area contributed by atoms with Crippen LogP contribution in [-0.4, -0.2) is 46.8 Å². The molecule has 4 aliphatic carbocycles. The molecule has 5 aliphatic rings. The number of amides is 1. The Hall–Kier alpha value is -2.14. The molecule has 0 unspecified atom stereocenters. The number of quaternary nitrogens is 1. The Labute approximate surface area is 172 Å². The maximum absolute atomic E-state index is 13.6. The van der Waals surface area contributed by atoms with Crippen molar-refractivity contribution in [3.05, 3.63) is 47.8 Å². The molecule has 4 bridgehead atoms. The standard InChI is InChI=1S/C24H30N4O/c29-23(27-8-6-25-7-9-27)21-16-28(20-4-2-1-3-5-20)26-22(21)24-13-17-10-18(14-24)12-19(11-17)15-24/h1-5,16-19,25H,6-15H2/p+1. The van der Waals surface area contributed by atoms with Gasteiger partial charge in [0.2, 0.25) is 0 Å². The lowest BCUT2D eigenvalue weighted by atomic mass is 9.48. The number of hydrogen-bond acceptors (Lipinski definition) is 2. The van der Waals surface area contributed by atoms with Crippen LogP contribution in [0.25, 0.3) is 5.69 Å². The molecule has 5 heteroatoms. The fourth-order valence-electron chi connectivity index (χ4n) is 7.16. The molecule has 1 aromatic carbocycles. The molecule has 7 rings (SSSR count). The van der Waals surface area contributed by atoms with E-state index in [1.165, 1.54) is 38.5 Å². The van der Waals surface area contributed by atoms with E-state index in [0.29, 0.717) is 0 Å². The van der Waals surface area contributed by atoms with E-state index >= 15 is 0 Å². The number of carbonyl (C=O) groups is 1. The number of carbonyl (C=O) groups excluding carboxylic acids is 1. The van der Waals surface area contributed by atoms with E-state index in [-0.39, 0.29) is 11.3 Å². The first-order chi connectivity index (χ1) is 14.2. The summed E-state index contributed by atoms with van der Waals surface area (Å²) in [7, 11) is 0. The Morgan fingerprint density at radius 1 is 0.966 bits per heavy atom. The highest BCUT2D eigenvalue weighted by Crippen LogP contribution is 2.60. The monoisotopic (exact) mass is 391 g/mol. The zero-order valence-corrected chi connectivity index (χ0v) is 17.1. The quantitative estimate of drug-likeness (QED) is 0.873. The molecule has 2 N–H and O–H groups in total. The third kappa shape index (κ3) is 2.93. The van der Waals surface area contributed by atoms with Crippen molar-refractivity contribution in [2.24, 2.45) is 17.8 Å². The minimum Gasteiger partial charge on any atom is -0.343 e. The molecule has 29 heavy (non-hydrogen) atoms. The van der Waals surface area contributed by atoms with Crippen LogP contribution in [0.4, 0.5) is 0 Å². The molecule has 5 fully saturated rings. The van der Waals surface area contributed by atoms with Crippen LogP contribution >= 0.6 is 0 Å². The minimum absolute atomic E-state index is 0.127. The molecule has 1 amide bonds. The van der Waals surface area contributed by atoms with Gasteiger partial charge in [-0.15, -0.1) is 0 Å². The average Bonchev–Trinajstić information content (AvgIpc) is 3.20. The van der Waals surface area contributed by atoms with Gasteiger partial charge in [-0.3, -0.25) is 4.79 Å². The van der Waals surface area contributed by atoms with Crippen LogP contribution in [0.5, 0.6) is 0 Å². The van der Waals surface area contributed by atoms with E-state index in [1.54, 1.807) is 0 Å². The van der Waals surface area contributed by atoms with Gasteiger partial charge in [-0.1, -0.05) is 18.2 Å². The van der Waals surface area contributed by atoms with E-state index in [0.717, 1.165) is 60.9 Å². The predicted molar refractivity (Wildman–Crippen MR) is 111 cm³/mol. The zero-order chi connectivity index (χ0) is 19.4. The molecular weight excluding hydrogens is 360 g/mol. The molecule has 0 radical (unpaired) electrons. The first-order valence-corrected chi connectivity index (χ1v) is 11.5. The van der Waals surface area contributed by atoms with Crippen molar-refractivity contribution in [3.63, 3.8) is 0 Å². The third-order valence-corrected chi connectivity index (χ3v) is 8.00. The second kappa shape index (κ2) is 6.69. The Morgan fingerprint density at radius 2 is 1.59 bits per heavy atom. The molecule has 1 aromatic heterocycles. The molecular formula is C24H31N4O+. The summed E-state index contributed by atoms with van der Waals surface area (Å²) in [5, 5.41) is 7.45. The van der Waals surface area contributed by atoms with Crippen LogP contribution in [0.1, 0.15) is 54.6 Å². The fourth-order valence-corrected chi connectivity index (χ4v) is 7.16. The average molecular weight is 392 g/mol. The van der Waals surface area contributed by atoms with Gasteiger partial charge in [-0.05, 0) is 68.4 Å². The van der Waals surface area contributed by atoms with Gasteiger partial charge < -0.3 is 10.2 Å². The van der Waals surface area contributed by atoms with Gasteiger partial charge in [0.25, 0.3) is 5.91 Å². The highest BCUT2D eigenvalue weighted by molar-refractivity contribution is 5.95. The largest absolute Gasteiger partial charge is 0.343 e. The van der Waals surface area contributed by atoms with Crippen molar-refractivity contribution in [1.29, 1.82) is 0 Å². The lowest BCUT2D eigenvalue weighted by Gasteiger charge is -2.56. The number of rotatable bonds is 3. The first kappa shape index (κ1) is 17.7. The first-order valence-electron chi connectivity index (χ1n) is 11.5. The normalized spacial score (nSPS) is 33.2. The van der Waals surface area contributed by atoms with Crippen LogP contribution in [-0.2, 0) is 5.41 Å². The van der Waals surface area contributed by atoms with Crippen molar-refractivity contribution in [2.45, 2.75) is 43.9 Å². The van der Waals surface area contributed by atoms with Crippen LogP contribution in [0.2, 0.25) is 0 Å². The van der Waals surface area contributed by atoms with Gasteiger partial charge in [0.1, 0.15) is 0 Å². The van der Waals surface area contributed by atoms with Crippen molar-refractivity contribution >= 4 is 5.91 Å². The number of nitrogens with zero attached hydrogens (tertiary/aromatic N) is 3. The van der Waals surface area contributed by atoms with Crippen molar-refractivity contribution < 1.29 is 10.1 Å². The molecule has 0 spiro atoms. The van der Waals surface area contributed by atoms with Gasteiger partial charge >= 0.3 is 0 Å². The summed E-state index contributed by atoms with van der Waals surface area (Å²) in [4.78, 5) is 15.7. The summed E-state index contributed by atoms with van der Waals surface area (Å²) in [6, 6.07) is 10.3. The molecule has 152 valence electrons. The molecule has 1 saturated heterocycles. The maximum Gasteiger partial charge on any atom is 0.257 e. The van der Waals surface area contributed by atoms with Crippen molar-refractivity contribution in [1.82, 2.24) is 14.7 Å². The lowest BCUT2D eigenvalue weighted by molar-refractivity contribution is -0.661. The zero-order valence-electron chi connectivity index (χ0n) is 17.1. The smallest absolute Gasteiger partial charge is 0.257 e. The van der Waals surface area contributed by atoms with Crippen LogP contribution < -0.4 is 5.32 Å². The topological polar surface area (TPSA) is 54.7 Å². The van der Waals surface area contributed by atoms with Gasteiger partial charge in [0.05, 0.1) is 43.1 Å². The number of aromatic nitrogens is 2. The number of hydrogen-bond donors (Lipinski definition) is 1. The summed E-state index contributed by atoms with van der Waals surface area (Å²) >= 11 is 0. The SMILES string of the molecule is O=C(c1cn(-c2ccccc2)nc1C12CC3CC(CC(C3)C1)C2)N1CC[NH2+]CC1. The van der Waals surface area contributed by atoms with E-state index in [1.807, 2.05) is 29.1 Å². The van der Waals surface area contributed by atoms with Crippen molar-refractivity contribution in [2.75, 3.05) is 26.2 Å². The Bertz CT molecular complexity index is 877. The van der Waals surface area contributed by atoms with Gasteiger partial charge in [-0.25, -0.2) is 4.68 Å². The van der Waals surface area contributed by atoms with E-state index < -0.39 is 0 Å². The number of piperazine rings is 1. The molecule has 4 saturated carbocycles. The summed E-state index contributed by atoms with van der Waals surface area (Å²) in [6.07, 6.45) is 9.96. The molecule has 2 aromatic rings. The Balaban J connectivity index is 1.44. The molecule has 0 atom stereocenters. The van der Waals surface area contributed by atoms with Crippen LogP contribution in [0.3, 0.4) is 0 Å². The molecule has 1 aliphatic heterocycles. The molecule has 2 heterocycles. The van der Waals surface area contributed by atoms with Gasteiger partial charge in [0.15, 0.2) is 0 Å². The van der Waals surface area contributed by atoms with E-state index in [4.69, 9.17) is 5.10 Å². The predicted octanol–water partition coefficient (Wildman–Crippen LogP) is 2.36. The maximum atomic E-state index is 13.6. The highest BCUT2D eigenvalue weighted by Gasteiger charge is 2.54. The summed E-state index contributed by atoms with van der Waals surface area (Å²) in [6.45, 7) is 3.70. The second-order valence-corrected chi connectivity index (χ2v) is 10.0. The lowest BCUT2D eigenvalue weighted by Crippen LogP contribution is -2.89. The summed E-state index contributed by atoms with van der Waals surface area (Å²) in [5.74, 6) is 2.73. The molecule has 5 nitrogen and oxygen atoms in total. The third-order valence-electron chi connectivity index (χ3n) is 8.00.